The fourth-order valence-corrected chi connectivity index (χ4v) is 17.5. The van der Waals surface area contributed by atoms with Crippen LogP contribution in [0.25, 0.3) is 66.7 Å². The van der Waals surface area contributed by atoms with Crippen molar-refractivity contribution in [2.24, 2.45) is 5.73 Å². The molecule has 4 heteroatoms. The molecule has 0 amide bonds. The average Bonchev–Trinajstić information content (AvgIpc) is 1.61. The first-order valence-corrected chi connectivity index (χ1v) is 36.6. The van der Waals surface area contributed by atoms with E-state index in [1.807, 2.05) is 0 Å². The highest BCUT2D eigenvalue weighted by Gasteiger charge is 2.45. The van der Waals surface area contributed by atoms with E-state index in [1.165, 1.54) is 275 Å². The topological polar surface area (TPSA) is 51.8 Å². The van der Waals surface area contributed by atoms with Crippen molar-refractivity contribution in [2.75, 3.05) is 6.54 Å². The number of rotatable bonds is 35. The molecular weight excluding hydrogens is 1080 g/mol. The van der Waals surface area contributed by atoms with Crippen LogP contribution in [0.2, 0.25) is 0 Å². The Kier molecular flexibility index (Phi) is 21.4. The van der Waals surface area contributed by atoms with Crippen molar-refractivity contribution >= 4 is 22.8 Å². The van der Waals surface area contributed by atoms with Crippen LogP contribution >= 0.6 is 11.7 Å². The fraction of sp³-hybridized carbons (Fsp3) is 0.500. The molecule has 2 N–H and O–H groups in total. The lowest BCUT2D eigenvalue weighted by Gasteiger charge is -2.34. The molecule has 1 heterocycles. The lowest BCUT2D eigenvalue weighted by atomic mass is 9.69. The highest BCUT2D eigenvalue weighted by molar-refractivity contribution is 7.00. The van der Waals surface area contributed by atoms with E-state index in [2.05, 4.69) is 170 Å². The fourth-order valence-electron chi connectivity index (χ4n) is 16.9. The first-order valence-electron chi connectivity index (χ1n) is 35.9. The molecule has 0 aliphatic heterocycles. The molecule has 0 saturated carbocycles. The van der Waals surface area contributed by atoms with Gasteiger partial charge < -0.3 is 5.73 Å². The molecule has 8 aromatic rings. The van der Waals surface area contributed by atoms with Crippen molar-refractivity contribution in [1.82, 2.24) is 8.75 Å². The summed E-state index contributed by atoms with van der Waals surface area (Å²) in [4.78, 5) is 0. The molecule has 3 nitrogen and oxygen atoms in total. The van der Waals surface area contributed by atoms with Gasteiger partial charge in [0.1, 0.15) is 11.0 Å². The van der Waals surface area contributed by atoms with Crippen LogP contribution in [0, 0.1) is 13.8 Å². The summed E-state index contributed by atoms with van der Waals surface area (Å²) in [6.07, 6.45) is 39.6. The highest BCUT2D eigenvalue weighted by Crippen LogP contribution is 2.58. The molecule has 7 aromatic carbocycles. The molecule has 0 fully saturated rings. The van der Waals surface area contributed by atoms with E-state index in [1.54, 1.807) is 22.3 Å². The van der Waals surface area contributed by atoms with E-state index < -0.39 is 0 Å². The summed E-state index contributed by atoms with van der Waals surface area (Å²) in [5.74, 6) is 0. The van der Waals surface area contributed by atoms with Gasteiger partial charge >= 0.3 is 0 Å². The molecule has 0 radical (unpaired) electrons. The molecule has 88 heavy (non-hydrogen) atoms. The van der Waals surface area contributed by atoms with Gasteiger partial charge in [-0.25, -0.2) is 0 Å². The monoisotopic (exact) mass is 1190 g/mol. The third kappa shape index (κ3) is 13.1. The second kappa shape index (κ2) is 29.5. The Hall–Kier alpha value is -5.68. The smallest absolute Gasteiger partial charge is 0.113 e. The van der Waals surface area contributed by atoms with Gasteiger partial charge in [0.2, 0.25) is 0 Å². The van der Waals surface area contributed by atoms with Crippen LogP contribution in [0.5, 0.6) is 0 Å². The second-order valence-corrected chi connectivity index (χ2v) is 28.7. The van der Waals surface area contributed by atoms with E-state index in [4.69, 9.17) is 14.5 Å². The minimum Gasteiger partial charge on any atom is -0.330 e. The van der Waals surface area contributed by atoms with E-state index >= 15 is 0 Å². The van der Waals surface area contributed by atoms with Gasteiger partial charge in [-0.3, -0.25) is 0 Å². The van der Waals surface area contributed by atoms with Gasteiger partial charge in [0.25, 0.3) is 0 Å². The Morgan fingerprint density at radius 3 is 1.07 bits per heavy atom. The Bertz CT molecular complexity index is 3600. The van der Waals surface area contributed by atoms with Crippen molar-refractivity contribution < 1.29 is 0 Å². The summed E-state index contributed by atoms with van der Waals surface area (Å²) >= 11 is 1.36. The standard InChI is InChI=1S/C84H107N3S/c1-8-12-16-20-24-28-48-83(49-29-25-21-17-13-9-2)76-54-61(6)34-40-70(76)71-41-35-62(56-77(71)83)55-63-36-42-72-73-44-38-65(59-79(73)84(78(72)57-63,50-30-26-22-18-14-10-3)51-31-27-23-19-15-11-4)67-46-45-66(80-81(67)87-88-86-80)64-37-43-69-68-39-33-60(5)53-74(68)82(7,47-32-52-85)75(69)58-64/h33-46,53-54,56-59H,8-32,47-52,55,85H2,1-7H3. The van der Waals surface area contributed by atoms with E-state index in [9.17, 15) is 0 Å². The Morgan fingerprint density at radius 1 is 0.330 bits per heavy atom. The van der Waals surface area contributed by atoms with Crippen molar-refractivity contribution in [3.05, 3.63) is 177 Å². The summed E-state index contributed by atoms with van der Waals surface area (Å²) in [5, 5.41) is 0. The lowest BCUT2D eigenvalue weighted by Crippen LogP contribution is -2.26. The molecule has 3 aliphatic carbocycles. The van der Waals surface area contributed by atoms with Crippen LogP contribution in [0.4, 0.5) is 0 Å². The molecule has 1 atom stereocenters. The van der Waals surface area contributed by atoms with E-state index in [0.717, 1.165) is 35.9 Å². The second-order valence-electron chi connectivity index (χ2n) is 28.1. The zero-order valence-electron chi connectivity index (χ0n) is 55.6. The van der Waals surface area contributed by atoms with Gasteiger partial charge in [0.05, 0.1) is 11.7 Å². The minimum atomic E-state index is -0.105. The molecule has 0 saturated heterocycles. The molecule has 464 valence electrons. The van der Waals surface area contributed by atoms with Crippen LogP contribution in [0.15, 0.2) is 121 Å². The summed E-state index contributed by atoms with van der Waals surface area (Å²) in [6, 6.07) is 49.5. The SMILES string of the molecule is CCCCCCCCC1(CCCCCCCC)c2cc(C)ccc2-c2ccc(Cc3ccc4c(c3)C(CCCCCCCC)(CCCCCCCC)c3cc(-c5ccc(-c6ccc7c(c6)C(C)(CCCN)c6cc(C)ccc6-7)c6nsnc56)ccc3-4)cc21. The Morgan fingerprint density at radius 2 is 0.648 bits per heavy atom. The van der Waals surface area contributed by atoms with Gasteiger partial charge in [-0.1, -0.05) is 309 Å². The lowest BCUT2D eigenvalue weighted by molar-refractivity contribution is 0.397. The average molecular weight is 1190 g/mol. The number of hydrogen-bond acceptors (Lipinski definition) is 4. The zero-order chi connectivity index (χ0) is 61.1. The van der Waals surface area contributed by atoms with Crippen molar-refractivity contribution in [2.45, 2.75) is 264 Å². The molecular formula is C84H107N3S. The summed E-state index contributed by atoms with van der Waals surface area (Å²) in [5.41, 5.74) is 36.4. The minimum absolute atomic E-state index is 0.0660. The molecule has 11 rings (SSSR count). The maximum atomic E-state index is 6.21. The molecule has 3 aliphatic rings. The third-order valence-electron chi connectivity index (χ3n) is 21.8. The predicted molar refractivity (Wildman–Crippen MR) is 382 cm³/mol. The van der Waals surface area contributed by atoms with Gasteiger partial charge in [-0.05, 0) is 166 Å². The predicted octanol–water partition coefficient (Wildman–Crippen LogP) is 24.8. The van der Waals surface area contributed by atoms with Crippen LogP contribution in [0.3, 0.4) is 0 Å². The summed E-state index contributed by atoms with van der Waals surface area (Å²) < 4.78 is 10.3. The van der Waals surface area contributed by atoms with Gasteiger partial charge in [-0.2, -0.15) is 8.75 Å². The molecule has 1 unspecified atom stereocenters. The largest absolute Gasteiger partial charge is 0.330 e. The van der Waals surface area contributed by atoms with Gasteiger partial charge in [0, 0.05) is 27.4 Å². The number of fused-ring (bicyclic) bond motifs is 10. The number of nitrogens with zero attached hydrogens (tertiary/aromatic N) is 2. The number of unbranched alkanes of at least 4 members (excludes halogenated alkanes) is 20. The van der Waals surface area contributed by atoms with E-state index in [-0.39, 0.29) is 16.2 Å². The van der Waals surface area contributed by atoms with E-state index in [0.29, 0.717) is 6.54 Å². The van der Waals surface area contributed by atoms with Gasteiger partial charge in [0.15, 0.2) is 0 Å². The van der Waals surface area contributed by atoms with Crippen LogP contribution in [-0.2, 0) is 22.7 Å². The Labute approximate surface area is 536 Å². The zero-order valence-corrected chi connectivity index (χ0v) is 56.4. The van der Waals surface area contributed by atoms with Crippen LogP contribution in [-0.4, -0.2) is 15.3 Å². The number of aryl methyl sites for hydroxylation is 2. The summed E-state index contributed by atoms with van der Waals surface area (Å²) in [6.45, 7) is 17.1. The summed E-state index contributed by atoms with van der Waals surface area (Å²) in [7, 11) is 0. The van der Waals surface area contributed by atoms with Crippen molar-refractivity contribution in [3.8, 4) is 55.6 Å². The highest BCUT2D eigenvalue weighted by atomic mass is 32.1. The first kappa shape index (κ1) is 63.9. The first-order chi connectivity index (χ1) is 43.1. The number of benzene rings is 7. The molecule has 0 bridgehead atoms. The number of aromatic nitrogens is 2. The quantitative estimate of drug-likeness (QED) is 0.0403. The molecule has 1 aromatic heterocycles. The maximum Gasteiger partial charge on any atom is 0.113 e. The maximum absolute atomic E-state index is 6.21. The molecule has 0 spiro atoms. The number of nitrogens with two attached hydrogens (primary N) is 1. The normalized spacial score (nSPS) is 15.6. The van der Waals surface area contributed by atoms with Crippen LogP contribution < -0.4 is 5.73 Å². The third-order valence-corrected chi connectivity index (χ3v) is 22.4. The number of hydrogen-bond donors (Lipinski definition) is 1. The van der Waals surface area contributed by atoms with Crippen LogP contribution in [0.1, 0.15) is 283 Å². The Balaban J connectivity index is 0.961. The van der Waals surface area contributed by atoms with Gasteiger partial charge in [-0.15, -0.1) is 0 Å². The van der Waals surface area contributed by atoms with Crippen molar-refractivity contribution in [3.63, 3.8) is 0 Å². The van der Waals surface area contributed by atoms with Crippen molar-refractivity contribution in [1.29, 1.82) is 0 Å².